The molecule has 1 N–H and O–H groups in total. The Morgan fingerprint density at radius 3 is 3.00 bits per heavy atom. The lowest BCUT2D eigenvalue weighted by molar-refractivity contribution is 0.626. The molecule has 0 unspecified atom stereocenters. The van der Waals surface area contributed by atoms with E-state index in [0.29, 0.717) is 21.1 Å². The minimum absolute atomic E-state index is 0.274. The van der Waals surface area contributed by atoms with Crippen LogP contribution in [0.15, 0.2) is 40.8 Å². The number of nitrogens with one attached hydrogen (secondary N) is 1. The van der Waals surface area contributed by atoms with Gasteiger partial charge in [0.1, 0.15) is 28.8 Å². The fourth-order valence-electron chi connectivity index (χ4n) is 1.60. The maximum Gasteiger partial charge on any atom is 0.181 e. The molecule has 0 saturated carbocycles. The van der Waals surface area contributed by atoms with E-state index in [1.54, 1.807) is 6.07 Å². The SMILES string of the molecule is N#Cc1cc(F)ccc1Sc1ncnc2nc[nH]c12. The van der Waals surface area contributed by atoms with Gasteiger partial charge in [0.2, 0.25) is 0 Å². The van der Waals surface area contributed by atoms with Crippen molar-refractivity contribution in [3.63, 3.8) is 0 Å². The lowest BCUT2D eigenvalue weighted by atomic mass is 10.2. The normalized spacial score (nSPS) is 10.5. The third-order valence-corrected chi connectivity index (χ3v) is 3.54. The molecule has 0 saturated heterocycles. The van der Waals surface area contributed by atoms with Crippen molar-refractivity contribution in [3.05, 3.63) is 42.2 Å². The van der Waals surface area contributed by atoms with Gasteiger partial charge in [-0.05, 0) is 18.2 Å². The number of aromatic nitrogens is 4. The average Bonchev–Trinajstić information content (AvgIpc) is 2.90. The maximum atomic E-state index is 13.1. The number of nitriles is 1. The van der Waals surface area contributed by atoms with E-state index >= 15 is 0 Å². The van der Waals surface area contributed by atoms with E-state index in [0.717, 1.165) is 0 Å². The van der Waals surface area contributed by atoms with Crippen LogP contribution in [0.3, 0.4) is 0 Å². The standard InChI is InChI=1S/C12H6FN5S/c13-8-1-2-9(7(3-8)4-14)19-12-10-11(16-5-15-10)17-6-18-12/h1-3,5-6H,(H,15,16,17,18). The van der Waals surface area contributed by atoms with E-state index in [4.69, 9.17) is 5.26 Å². The summed E-state index contributed by atoms with van der Waals surface area (Å²) < 4.78 is 13.1. The van der Waals surface area contributed by atoms with Gasteiger partial charge in [-0.3, -0.25) is 0 Å². The average molecular weight is 271 g/mol. The zero-order valence-corrected chi connectivity index (χ0v) is 10.3. The van der Waals surface area contributed by atoms with Crippen LogP contribution in [0.1, 0.15) is 5.56 Å². The van der Waals surface area contributed by atoms with E-state index < -0.39 is 5.82 Å². The van der Waals surface area contributed by atoms with Crippen LogP contribution in [0.25, 0.3) is 11.2 Å². The van der Waals surface area contributed by atoms with Crippen LogP contribution in [-0.4, -0.2) is 19.9 Å². The number of rotatable bonds is 2. The van der Waals surface area contributed by atoms with E-state index in [9.17, 15) is 4.39 Å². The molecule has 1 aromatic carbocycles. The lowest BCUT2D eigenvalue weighted by Crippen LogP contribution is -1.88. The third-order valence-electron chi connectivity index (χ3n) is 2.46. The van der Waals surface area contributed by atoms with Gasteiger partial charge in [-0.2, -0.15) is 5.26 Å². The maximum absolute atomic E-state index is 13.1. The van der Waals surface area contributed by atoms with Gasteiger partial charge in [-0.15, -0.1) is 0 Å². The molecule has 7 heteroatoms. The molecule has 5 nitrogen and oxygen atoms in total. The first-order valence-corrected chi connectivity index (χ1v) is 6.11. The van der Waals surface area contributed by atoms with Crippen molar-refractivity contribution in [3.8, 4) is 6.07 Å². The summed E-state index contributed by atoms with van der Waals surface area (Å²) in [4.78, 5) is 15.8. The number of H-pyrrole nitrogens is 1. The summed E-state index contributed by atoms with van der Waals surface area (Å²) in [6.45, 7) is 0. The van der Waals surface area contributed by atoms with Crippen LogP contribution >= 0.6 is 11.8 Å². The quantitative estimate of drug-likeness (QED) is 0.724. The smallest absolute Gasteiger partial charge is 0.181 e. The van der Waals surface area contributed by atoms with Crippen molar-refractivity contribution in [1.29, 1.82) is 5.26 Å². The van der Waals surface area contributed by atoms with Crippen molar-refractivity contribution >= 4 is 22.9 Å². The van der Waals surface area contributed by atoms with Crippen molar-refractivity contribution in [2.45, 2.75) is 9.92 Å². The van der Waals surface area contributed by atoms with E-state index in [2.05, 4.69) is 19.9 Å². The number of halogens is 1. The molecule has 0 aliphatic heterocycles. The summed E-state index contributed by atoms with van der Waals surface area (Å²) in [6, 6.07) is 6.04. The molecule has 3 aromatic rings. The highest BCUT2D eigenvalue weighted by Crippen LogP contribution is 2.32. The van der Waals surface area contributed by atoms with E-state index in [-0.39, 0.29) is 5.56 Å². The first-order chi connectivity index (χ1) is 9.28. The second kappa shape index (κ2) is 4.66. The highest BCUT2D eigenvalue weighted by Gasteiger charge is 2.11. The molecular formula is C12H6FN5S. The molecule has 19 heavy (non-hydrogen) atoms. The Bertz CT molecular complexity index is 792. The van der Waals surface area contributed by atoms with Crippen molar-refractivity contribution < 1.29 is 4.39 Å². The molecule has 0 radical (unpaired) electrons. The van der Waals surface area contributed by atoms with Crippen molar-refractivity contribution in [1.82, 2.24) is 19.9 Å². The van der Waals surface area contributed by atoms with Crippen LogP contribution in [0.2, 0.25) is 0 Å². The fraction of sp³-hybridized carbons (Fsp3) is 0. The molecule has 0 aliphatic rings. The van der Waals surface area contributed by atoms with Gasteiger partial charge in [0.15, 0.2) is 5.65 Å². The second-order valence-electron chi connectivity index (χ2n) is 3.63. The molecule has 92 valence electrons. The van der Waals surface area contributed by atoms with Gasteiger partial charge in [0, 0.05) is 4.90 Å². The van der Waals surface area contributed by atoms with Crippen LogP contribution < -0.4 is 0 Å². The molecule has 0 fully saturated rings. The van der Waals surface area contributed by atoms with Gasteiger partial charge >= 0.3 is 0 Å². The number of hydrogen-bond acceptors (Lipinski definition) is 5. The number of fused-ring (bicyclic) bond motifs is 1. The number of nitrogens with zero attached hydrogens (tertiary/aromatic N) is 4. The van der Waals surface area contributed by atoms with Crippen molar-refractivity contribution in [2.75, 3.05) is 0 Å². The highest BCUT2D eigenvalue weighted by atomic mass is 32.2. The lowest BCUT2D eigenvalue weighted by Gasteiger charge is -2.03. The predicted molar refractivity (Wildman–Crippen MR) is 66.9 cm³/mol. The highest BCUT2D eigenvalue weighted by molar-refractivity contribution is 7.99. The van der Waals surface area contributed by atoms with Crippen LogP contribution in [0.5, 0.6) is 0 Å². The Hall–Kier alpha value is -2.46. The predicted octanol–water partition coefficient (Wildman–Crippen LogP) is 2.51. The summed E-state index contributed by atoms with van der Waals surface area (Å²) in [5.74, 6) is -0.435. The van der Waals surface area contributed by atoms with Crippen LogP contribution in [0, 0.1) is 17.1 Å². The summed E-state index contributed by atoms with van der Waals surface area (Å²) >= 11 is 1.27. The summed E-state index contributed by atoms with van der Waals surface area (Å²) in [7, 11) is 0. The fourth-order valence-corrected chi connectivity index (χ4v) is 2.51. The van der Waals surface area contributed by atoms with Gasteiger partial charge in [-0.25, -0.2) is 19.3 Å². The van der Waals surface area contributed by atoms with Gasteiger partial charge < -0.3 is 4.98 Å². The molecule has 0 spiro atoms. The summed E-state index contributed by atoms with van der Waals surface area (Å²) in [6.07, 6.45) is 2.93. The third kappa shape index (κ3) is 2.13. The topological polar surface area (TPSA) is 78.2 Å². The Labute approximate surface area is 111 Å². The van der Waals surface area contributed by atoms with Crippen LogP contribution in [0.4, 0.5) is 4.39 Å². The van der Waals surface area contributed by atoms with Crippen LogP contribution in [-0.2, 0) is 0 Å². The van der Waals surface area contributed by atoms with E-state index in [1.807, 2.05) is 6.07 Å². The zero-order valence-electron chi connectivity index (χ0n) is 9.46. The molecule has 0 atom stereocenters. The Balaban J connectivity index is 2.06. The number of imidazole rings is 1. The first kappa shape index (κ1) is 11.6. The largest absolute Gasteiger partial charge is 0.341 e. The molecule has 0 bridgehead atoms. The summed E-state index contributed by atoms with van der Waals surface area (Å²) in [5, 5.41) is 9.66. The van der Waals surface area contributed by atoms with Crippen molar-refractivity contribution in [2.24, 2.45) is 0 Å². The second-order valence-corrected chi connectivity index (χ2v) is 4.66. The van der Waals surface area contributed by atoms with Gasteiger partial charge in [0.25, 0.3) is 0 Å². The molecule has 2 aromatic heterocycles. The molecular weight excluding hydrogens is 265 g/mol. The molecule has 2 heterocycles. The Morgan fingerprint density at radius 1 is 1.26 bits per heavy atom. The number of aromatic amines is 1. The Morgan fingerprint density at radius 2 is 2.16 bits per heavy atom. The van der Waals surface area contributed by atoms with Gasteiger partial charge in [0.05, 0.1) is 11.9 Å². The molecule has 0 amide bonds. The van der Waals surface area contributed by atoms with Gasteiger partial charge in [-0.1, -0.05) is 11.8 Å². The minimum Gasteiger partial charge on any atom is -0.341 e. The Kier molecular flexibility index (Phi) is 2.85. The van der Waals surface area contributed by atoms with E-state index in [1.165, 1.54) is 36.5 Å². The number of hydrogen-bond donors (Lipinski definition) is 1. The first-order valence-electron chi connectivity index (χ1n) is 5.29. The zero-order chi connectivity index (χ0) is 13.2. The molecule has 0 aliphatic carbocycles. The number of benzene rings is 1. The molecule has 3 rings (SSSR count). The monoisotopic (exact) mass is 271 g/mol. The summed E-state index contributed by atoms with van der Waals surface area (Å²) in [5.41, 5.74) is 1.52. The minimum atomic E-state index is -0.435.